The highest BCUT2D eigenvalue weighted by atomic mass is 35.5. The molecule has 2 rings (SSSR count). The molecular weight excluding hydrogens is 324 g/mol. The van der Waals surface area contributed by atoms with Crippen molar-refractivity contribution in [1.29, 1.82) is 0 Å². The van der Waals surface area contributed by atoms with Gasteiger partial charge in [-0.25, -0.2) is 0 Å². The molecule has 1 N–H and O–H groups in total. The maximum absolute atomic E-state index is 12.2. The Morgan fingerprint density at radius 1 is 1.08 bits per heavy atom. The summed E-state index contributed by atoms with van der Waals surface area (Å²) in [7, 11) is 0. The van der Waals surface area contributed by atoms with Crippen LogP contribution in [0.3, 0.4) is 0 Å². The average molecular weight is 345 g/mol. The van der Waals surface area contributed by atoms with Gasteiger partial charge in [-0.05, 0) is 55.3 Å². The van der Waals surface area contributed by atoms with Crippen LogP contribution in [0.1, 0.15) is 24.5 Å². The summed E-state index contributed by atoms with van der Waals surface area (Å²) in [5.74, 6) is -0.235. The van der Waals surface area contributed by atoms with E-state index in [4.69, 9.17) is 11.6 Å². The number of benzene rings is 2. The van der Waals surface area contributed by atoms with E-state index in [0.717, 1.165) is 22.5 Å². The van der Waals surface area contributed by atoms with Gasteiger partial charge >= 0.3 is 0 Å². The lowest BCUT2D eigenvalue weighted by Gasteiger charge is -2.21. The van der Waals surface area contributed by atoms with Crippen LogP contribution in [-0.2, 0) is 9.59 Å². The molecule has 0 aliphatic carbocycles. The highest BCUT2D eigenvalue weighted by molar-refractivity contribution is 6.30. The van der Waals surface area contributed by atoms with Crippen molar-refractivity contribution in [2.45, 2.75) is 27.2 Å². The maximum atomic E-state index is 12.2. The van der Waals surface area contributed by atoms with Crippen molar-refractivity contribution in [3.05, 3.63) is 58.6 Å². The largest absolute Gasteiger partial charge is 0.326 e. The first kappa shape index (κ1) is 18.0. The van der Waals surface area contributed by atoms with E-state index >= 15 is 0 Å². The van der Waals surface area contributed by atoms with Gasteiger partial charge in [-0.2, -0.15) is 0 Å². The third-order valence-electron chi connectivity index (χ3n) is 3.96. The molecule has 0 atom stereocenters. The third-order valence-corrected chi connectivity index (χ3v) is 4.21. The molecule has 0 aliphatic heterocycles. The van der Waals surface area contributed by atoms with Crippen molar-refractivity contribution in [3.63, 3.8) is 0 Å². The van der Waals surface area contributed by atoms with E-state index in [1.54, 1.807) is 29.2 Å². The number of anilines is 2. The molecule has 126 valence electrons. The molecule has 2 amide bonds. The Morgan fingerprint density at radius 3 is 2.38 bits per heavy atom. The van der Waals surface area contributed by atoms with Gasteiger partial charge in [0.05, 0.1) is 0 Å². The van der Waals surface area contributed by atoms with Crippen LogP contribution in [0.5, 0.6) is 0 Å². The third kappa shape index (κ3) is 4.59. The van der Waals surface area contributed by atoms with Gasteiger partial charge in [-0.15, -0.1) is 0 Å². The van der Waals surface area contributed by atoms with Gasteiger partial charge in [0.2, 0.25) is 11.8 Å². The van der Waals surface area contributed by atoms with Crippen molar-refractivity contribution in [2.75, 3.05) is 16.8 Å². The molecule has 0 heterocycles. The van der Waals surface area contributed by atoms with Crippen LogP contribution in [0.15, 0.2) is 42.5 Å². The Bertz CT molecular complexity index is 742. The minimum Gasteiger partial charge on any atom is -0.326 e. The number of carbonyl (C=O) groups is 2. The summed E-state index contributed by atoms with van der Waals surface area (Å²) in [6.07, 6.45) is 0.218. The van der Waals surface area contributed by atoms with E-state index in [1.807, 2.05) is 32.0 Å². The fraction of sp³-hybridized carbons (Fsp3) is 0.263. The van der Waals surface area contributed by atoms with Gasteiger partial charge < -0.3 is 10.2 Å². The number of carbonyl (C=O) groups excluding carboxylic acids is 2. The fourth-order valence-corrected chi connectivity index (χ4v) is 2.53. The highest BCUT2D eigenvalue weighted by Crippen LogP contribution is 2.20. The molecule has 0 spiro atoms. The van der Waals surface area contributed by atoms with Crippen LogP contribution in [0.2, 0.25) is 5.02 Å². The molecule has 5 heteroatoms. The van der Waals surface area contributed by atoms with E-state index in [0.29, 0.717) is 11.6 Å². The van der Waals surface area contributed by atoms with Crippen LogP contribution in [0.25, 0.3) is 0 Å². The topological polar surface area (TPSA) is 49.4 Å². The van der Waals surface area contributed by atoms with E-state index in [1.165, 1.54) is 6.92 Å². The van der Waals surface area contributed by atoms with Crippen LogP contribution in [0.4, 0.5) is 11.4 Å². The fourth-order valence-electron chi connectivity index (χ4n) is 2.40. The first-order chi connectivity index (χ1) is 11.4. The minimum atomic E-state index is -0.121. The minimum absolute atomic E-state index is 0.114. The maximum Gasteiger partial charge on any atom is 0.226 e. The zero-order valence-electron chi connectivity index (χ0n) is 14.1. The molecule has 0 aliphatic rings. The van der Waals surface area contributed by atoms with Crippen molar-refractivity contribution < 1.29 is 9.59 Å². The number of nitrogens with one attached hydrogen (secondary N) is 1. The molecule has 0 fully saturated rings. The lowest BCUT2D eigenvalue weighted by molar-refractivity contribution is -0.117. The molecule has 4 nitrogen and oxygen atoms in total. The number of nitrogens with zero attached hydrogens (tertiary/aromatic N) is 1. The predicted octanol–water partition coefficient (Wildman–Crippen LogP) is 4.34. The lowest BCUT2D eigenvalue weighted by atomic mass is 10.1. The monoisotopic (exact) mass is 344 g/mol. The van der Waals surface area contributed by atoms with Crippen molar-refractivity contribution in [2.24, 2.45) is 0 Å². The second-order valence-corrected chi connectivity index (χ2v) is 6.13. The average Bonchev–Trinajstić information content (AvgIpc) is 2.53. The molecule has 0 aromatic heterocycles. The summed E-state index contributed by atoms with van der Waals surface area (Å²) >= 11 is 5.87. The summed E-state index contributed by atoms with van der Waals surface area (Å²) in [6, 6.07) is 12.8. The first-order valence-corrected chi connectivity index (χ1v) is 8.16. The normalized spacial score (nSPS) is 10.3. The summed E-state index contributed by atoms with van der Waals surface area (Å²) in [5, 5.41) is 3.51. The van der Waals surface area contributed by atoms with Crippen LogP contribution in [0, 0.1) is 13.8 Å². The molecular formula is C19H21ClN2O2. The summed E-state index contributed by atoms with van der Waals surface area (Å²) in [4.78, 5) is 25.6. The highest BCUT2D eigenvalue weighted by Gasteiger charge is 2.14. The second kappa shape index (κ2) is 7.97. The molecule has 0 unspecified atom stereocenters. The number of halogens is 1. The number of hydrogen-bond donors (Lipinski definition) is 1. The van der Waals surface area contributed by atoms with Gasteiger partial charge in [0, 0.05) is 36.3 Å². The van der Waals surface area contributed by atoms with Gasteiger partial charge in [0.1, 0.15) is 0 Å². The number of aryl methyl sites for hydroxylation is 1. The number of rotatable bonds is 5. The zero-order chi connectivity index (χ0) is 17.7. The van der Waals surface area contributed by atoms with E-state index in [-0.39, 0.29) is 18.2 Å². The Balaban J connectivity index is 2.01. The molecule has 24 heavy (non-hydrogen) atoms. The molecule has 0 saturated carbocycles. The Morgan fingerprint density at radius 2 is 1.75 bits per heavy atom. The van der Waals surface area contributed by atoms with E-state index in [2.05, 4.69) is 5.32 Å². The predicted molar refractivity (Wildman–Crippen MR) is 98.6 cm³/mol. The van der Waals surface area contributed by atoms with Gasteiger partial charge in [0.25, 0.3) is 0 Å². The van der Waals surface area contributed by atoms with Gasteiger partial charge in [-0.1, -0.05) is 23.7 Å². The van der Waals surface area contributed by atoms with Gasteiger partial charge in [0.15, 0.2) is 0 Å². The molecule has 2 aromatic carbocycles. The molecule has 0 radical (unpaired) electrons. The Hall–Kier alpha value is -2.33. The Kier molecular flexibility index (Phi) is 5.99. The Labute approximate surface area is 147 Å². The summed E-state index contributed by atoms with van der Waals surface area (Å²) < 4.78 is 0. The zero-order valence-corrected chi connectivity index (χ0v) is 14.9. The standard InChI is InChI=1S/C19H21ClN2O2/c1-13-5-4-6-18(14(13)2)21-19(24)11-12-22(15(3)23)17-9-7-16(20)8-10-17/h4-10H,11-12H2,1-3H3,(H,21,24). The number of hydrogen-bond acceptors (Lipinski definition) is 2. The summed E-state index contributed by atoms with van der Waals surface area (Å²) in [6.45, 7) is 5.77. The lowest BCUT2D eigenvalue weighted by Crippen LogP contribution is -2.32. The van der Waals surface area contributed by atoms with Crippen LogP contribution < -0.4 is 10.2 Å². The van der Waals surface area contributed by atoms with Crippen molar-refractivity contribution in [1.82, 2.24) is 0 Å². The quantitative estimate of drug-likeness (QED) is 0.877. The molecule has 2 aromatic rings. The van der Waals surface area contributed by atoms with Crippen LogP contribution in [-0.4, -0.2) is 18.4 Å². The summed E-state index contributed by atoms with van der Waals surface area (Å²) in [5.41, 5.74) is 3.71. The second-order valence-electron chi connectivity index (χ2n) is 5.69. The molecule has 0 bridgehead atoms. The smallest absolute Gasteiger partial charge is 0.226 e. The SMILES string of the molecule is CC(=O)N(CCC(=O)Nc1cccc(C)c1C)c1ccc(Cl)cc1. The van der Waals surface area contributed by atoms with E-state index < -0.39 is 0 Å². The van der Waals surface area contributed by atoms with Crippen LogP contribution >= 0.6 is 11.6 Å². The van der Waals surface area contributed by atoms with E-state index in [9.17, 15) is 9.59 Å². The van der Waals surface area contributed by atoms with Crippen molar-refractivity contribution >= 4 is 34.8 Å². The number of amides is 2. The molecule has 0 saturated heterocycles. The first-order valence-electron chi connectivity index (χ1n) is 7.78. The van der Waals surface area contributed by atoms with Gasteiger partial charge in [-0.3, -0.25) is 9.59 Å². The van der Waals surface area contributed by atoms with Crippen molar-refractivity contribution in [3.8, 4) is 0 Å².